The number of benzene rings is 4. The fourth-order valence-corrected chi connectivity index (χ4v) is 6.18. The summed E-state index contributed by atoms with van der Waals surface area (Å²) in [5, 5.41) is 26.9. The molecule has 0 aliphatic heterocycles. The minimum absolute atomic E-state index is 0.300. The van der Waals surface area contributed by atoms with Gasteiger partial charge in [0.1, 0.15) is 11.5 Å². The average molecular weight is 527 g/mol. The molecule has 0 aliphatic carbocycles. The third kappa shape index (κ3) is 3.80. The van der Waals surface area contributed by atoms with Crippen molar-refractivity contribution >= 4 is 43.6 Å². The second-order valence-electron chi connectivity index (χ2n) is 10.6. The van der Waals surface area contributed by atoms with E-state index in [0.717, 1.165) is 60.4 Å². The maximum absolute atomic E-state index is 11.6. The molecule has 4 aromatic carbocycles. The number of aromatic hydroxyl groups is 2. The molecule has 0 radical (unpaired) electrons. The van der Waals surface area contributed by atoms with Crippen LogP contribution in [0.3, 0.4) is 0 Å². The number of phenols is 2. The molecule has 0 atom stereocenters. The van der Waals surface area contributed by atoms with Crippen LogP contribution in [0.2, 0.25) is 0 Å². The first kappa shape index (κ1) is 24.2. The molecule has 6 nitrogen and oxygen atoms in total. The van der Waals surface area contributed by atoms with Crippen molar-refractivity contribution in [2.75, 3.05) is 0 Å². The number of fused-ring (bicyclic) bond motifs is 6. The first-order chi connectivity index (χ1) is 19.5. The van der Waals surface area contributed by atoms with Crippen molar-refractivity contribution in [3.8, 4) is 11.5 Å². The van der Waals surface area contributed by atoms with Gasteiger partial charge < -0.3 is 19.3 Å². The first-order valence-electron chi connectivity index (χ1n) is 13.5. The number of phenolic OH excluding ortho intramolecular Hbond substituents is 2. The molecule has 0 saturated heterocycles. The van der Waals surface area contributed by atoms with Gasteiger partial charge in [0.2, 0.25) is 0 Å². The van der Waals surface area contributed by atoms with Gasteiger partial charge >= 0.3 is 0 Å². The molecule has 7 rings (SSSR count). The highest BCUT2D eigenvalue weighted by atomic mass is 16.3. The highest BCUT2D eigenvalue weighted by Gasteiger charge is 2.20. The molecule has 198 valence electrons. The SMILES string of the molecule is Cn1c2ccccc2c2c(O)c(CN(Cc3ccccn3)Cc3ccc4c(c3O)c3ccccc3n4C)ccc21. The summed E-state index contributed by atoms with van der Waals surface area (Å²) in [6.07, 6.45) is 1.80. The highest BCUT2D eigenvalue weighted by Crippen LogP contribution is 2.39. The van der Waals surface area contributed by atoms with Crippen LogP contribution in [0.1, 0.15) is 16.8 Å². The van der Waals surface area contributed by atoms with E-state index in [2.05, 4.69) is 55.4 Å². The van der Waals surface area contributed by atoms with Gasteiger partial charge in [-0.15, -0.1) is 0 Å². The fourth-order valence-electron chi connectivity index (χ4n) is 6.18. The molecule has 0 saturated carbocycles. The van der Waals surface area contributed by atoms with E-state index >= 15 is 0 Å². The van der Waals surface area contributed by atoms with E-state index in [4.69, 9.17) is 0 Å². The van der Waals surface area contributed by atoms with Crippen LogP contribution in [0.25, 0.3) is 43.6 Å². The molecule has 7 aromatic rings. The maximum Gasteiger partial charge on any atom is 0.130 e. The van der Waals surface area contributed by atoms with Gasteiger partial charge in [-0.1, -0.05) is 54.6 Å². The Morgan fingerprint density at radius 2 is 1.07 bits per heavy atom. The van der Waals surface area contributed by atoms with Gasteiger partial charge in [0.05, 0.1) is 16.7 Å². The van der Waals surface area contributed by atoms with Crippen LogP contribution in [-0.4, -0.2) is 29.2 Å². The Morgan fingerprint density at radius 1 is 0.575 bits per heavy atom. The van der Waals surface area contributed by atoms with Crippen LogP contribution in [0, 0.1) is 0 Å². The number of hydrogen-bond acceptors (Lipinski definition) is 4. The molecule has 2 N–H and O–H groups in total. The van der Waals surface area contributed by atoms with Crippen LogP contribution in [0.15, 0.2) is 97.2 Å². The van der Waals surface area contributed by atoms with E-state index in [1.165, 1.54) is 0 Å². The van der Waals surface area contributed by atoms with Crippen molar-refractivity contribution in [2.24, 2.45) is 14.1 Å². The molecule has 3 heterocycles. The van der Waals surface area contributed by atoms with Crippen LogP contribution < -0.4 is 0 Å². The number of aromatic nitrogens is 3. The third-order valence-electron chi connectivity index (χ3n) is 8.17. The molecule has 3 aromatic heterocycles. The summed E-state index contributed by atoms with van der Waals surface area (Å²) in [7, 11) is 4.06. The molecule has 0 bridgehead atoms. The molecule has 0 fully saturated rings. The lowest BCUT2D eigenvalue weighted by molar-refractivity contribution is 0.239. The van der Waals surface area contributed by atoms with Crippen molar-refractivity contribution in [3.63, 3.8) is 0 Å². The van der Waals surface area contributed by atoms with Crippen LogP contribution in [0.5, 0.6) is 11.5 Å². The van der Waals surface area contributed by atoms with E-state index in [0.29, 0.717) is 31.1 Å². The minimum atomic E-state index is 0.300. The number of rotatable bonds is 6. The normalized spacial score (nSPS) is 12.0. The Morgan fingerprint density at radius 3 is 1.57 bits per heavy atom. The maximum atomic E-state index is 11.6. The molecular formula is C34H30N4O2. The lowest BCUT2D eigenvalue weighted by Gasteiger charge is -2.23. The summed E-state index contributed by atoms with van der Waals surface area (Å²) in [6.45, 7) is 1.56. The van der Waals surface area contributed by atoms with Gasteiger partial charge in [-0.25, -0.2) is 0 Å². The van der Waals surface area contributed by atoms with Crippen molar-refractivity contribution < 1.29 is 10.2 Å². The molecule has 40 heavy (non-hydrogen) atoms. The van der Waals surface area contributed by atoms with Gasteiger partial charge in [-0.3, -0.25) is 9.88 Å². The number of para-hydroxylation sites is 2. The number of nitrogens with zero attached hydrogens (tertiary/aromatic N) is 4. The zero-order chi connectivity index (χ0) is 27.4. The lowest BCUT2D eigenvalue weighted by Crippen LogP contribution is -2.23. The Balaban J connectivity index is 1.31. The van der Waals surface area contributed by atoms with E-state index < -0.39 is 0 Å². The van der Waals surface area contributed by atoms with Crippen molar-refractivity contribution in [1.82, 2.24) is 19.0 Å². The molecule has 0 aliphatic rings. The zero-order valence-corrected chi connectivity index (χ0v) is 22.5. The Hall–Kier alpha value is -4.81. The number of pyridine rings is 1. The largest absolute Gasteiger partial charge is 0.507 e. The summed E-state index contributed by atoms with van der Waals surface area (Å²) >= 11 is 0. The lowest BCUT2D eigenvalue weighted by atomic mass is 10.0. The third-order valence-corrected chi connectivity index (χ3v) is 8.17. The topological polar surface area (TPSA) is 66.4 Å². The summed E-state index contributed by atoms with van der Waals surface area (Å²) in [5.41, 5.74) is 6.78. The van der Waals surface area contributed by atoms with E-state index in [1.54, 1.807) is 6.20 Å². The van der Waals surface area contributed by atoms with E-state index in [9.17, 15) is 10.2 Å². The second-order valence-corrected chi connectivity index (χ2v) is 10.6. The predicted molar refractivity (Wildman–Crippen MR) is 161 cm³/mol. The van der Waals surface area contributed by atoms with Gasteiger partial charge in [0.15, 0.2) is 0 Å². The van der Waals surface area contributed by atoms with Crippen LogP contribution >= 0.6 is 0 Å². The smallest absolute Gasteiger partial charge is 0.130 e. The Bertz CT molecular complexity index is 1910. The summed E-state index contributed by atoms with van der Waals surface area (Å²) < 4.78 is 4.24. The minimum Gasteiger partial charge on any atom is -0.507 e. The van der Waals surface area contributed by atoms with Crippen LogP contribution in [-0.2, 0) is 33.7 Å². The van der Waals surface area contributed by atoms with E-state index in [1.807, 2.05) is 68.7 Å². The predicted octanol–water partition coefficient (Wildman–Crippen LogP) is 6.99. The number of hydrogen-bond donors (Lipinski definition) is 2. The monoisotopic (exact) mass is 526 g/mol. The highest BCUT2D eigenvalue weighted by molar-refractivity contribution is 6.12. The van der Waals surface area contributed by atoms with Crippen LogP contribution in [0.4, 0.5) is 0 Å². The van der Waals surface area contributed by atoms with Gasteiger partial charge in [-0.05, 0) is 36.4 Å². The molecule has 0 amide bonds. The van der Waals surface area contributed by atoms with Gasteiger partial charge in [0.25, 0.3) is 0 Å². The molecule has 0 spiro atoms. The van der Waals surface area contributed by atoms with Crippen molar-refractivity contribution in [1.29, 1.82) is 0 Å². The average Bonchev–Trinajstić information content (AvgIpc) is 3.44. The Labute approximate surface area is 232 Å². The van der Waals surface area contributed by atoms with Crippen molar-refractivity contribution in [2.45, 2.75) is 19.6 Å². The molecule has 6 heteroatoms. The zero-order valence-electron chi connectivity index (χ0n) is 22.5. The summed E-state index contributed by atoms with van der Waals surface area (Å²) in [5.74, 6) is 0.600. The first-order valence-corrected chi connectivity index (χ1v) is 13.5. The molecular weight excluding hydrogens is 496 g/mol. The summed E-state index contributed by atoms with van der Waals surface area (Å²) in [6, 6.07) is 30.4. The van der Waals surface area contributed by atoms with Gasteiger partial charge in [-0.2, -0.15) is 0 Å². The second kappa shape index (κ2) is 9.43. The van der Waals surface area contributed by atoms with Crippen molar-refractivity contribution in [3.05, 3.63) is 114 Å². The molecule has 0 unspecified atom stereocenters. The Kier molecular flexibility index (Phi) is 5.72. The van der Waals surface area contributed by atoms with E-state index in [-0.39, 0.29) is 0 Å². The number of aryl methyl sites for hydroxylation is 2. The standard InChI is InChI=1S/C34H30N4O2/c1-36-27-12-5-3-10-25(27)31-29(36)16-14-22(33(31)39)19-38(21-24-9-7-8-18-35-24)20-23-15-17-30-32(34(23)40)26-11-4-6-13-28(26)37(30)2/h3-18,39-40H,19-21H2,1-2H3. The fraction of sp³-hybridized carbons (Fsp3) is 0.147. The van der Waals surface area contributed by atoms with Gasteiger partial charge in [0, 0.05) is 83.6 Å². The summed E-state index contributed by atoms with van der Waals surface area (Å²) in [4.78, 5) is 6.78. The quantitative estimate of drug-likeness (QED) is 0.245.